The normalized spacial score (nSPS) is 10.3. The van der Waals surface area contributed by atoms with E-state index in [0.29, 0.717) is 26.3 Å². The van der Waals surface area contributed by atoms with Crippen molar-refractivity contribution in [3.63, 3.8) is 0 Å². The van der Waals surface area contributed by atoms with Crippen molar-refractivity contribution in [2.24, 2.45) is 0 Å². The Morgan fingerprint density at radius 1 is 1.29 bits per heavy atom. The molecule has 0 saturated carbocycles. The molecular weight excluding hydrogens is 218 g/mol. The molecule has 4 nitrogen and oxygen atoms in total. The van der Waals surface area contributed by atoms with Gasteiger partial charge in [-0.15, -0.1) is 0 Å². The number of hydrogen-bond acceptors (Lipinski definition) is 4. The van der Waals surface area contributed by atoms with Gasteiger partial charge in [0.05, 0.1) is 13.2 Å². The van der Waals surface area contributed by atoms with Gasteiger partial charge in [-0.25, -0.2) is 0 Å². The first-order valence-corrected chi connectivity index (χ1v) is 5.74. The average molecular weight is 237 g/mol. The zero-order valence-electron chi connectivity index (χ0n) is 10.4. The Morgan fingerprint density at radius 3 is 2.65 bits per heavy atom. The Balaban J connectivity index is 2.16. The summed E-state index contributed by atoms with van der Waals surface area (Å²) in [6, 6.07) is 9.62. The smallest absolute Gasteiger partial charge is 0.320 e. The van der Waals surface area contributed by atoms with Crippen LogP contribution >= 0.6 is 0 Å². The molecule has 0 heterocycles. The van der Waals surface area contributed by atoms with Crippen LogP contribution in [0.4, 0.5) is 0 Å². The minimum Gasteiger partial charge on any atom is -0.492 e. The topological polar surface area (TPSA) is 38.8 Å². The highest BCUT2D eigenvalue weighted by Gasteiger charge is 2.06. The molecule has 17 heavy (non-hydrogen) atoms. The molecule has 0 bridgehead atoms. The molecule has 0 atom stereocenters. The highest BCUT2D eigenvalue weighted by Crippen LogP contribution is 2.07. The van der Waals surface area contributed by atoms with E-state index in [4.69, 9.17) is 9.47 Å². The lowest BCUT2D eigenvalue weighted by Crippen LogP contribution is -2.30. The molecule has 0 aromatic heterocycles. The summed E-state index contributed by atoms with van der Waals surface area (Å²) in [5.74, 6) is 0.645. The Kier molecular flexibility index (Phi) is 6.10. The molecule has 0 radical (unpaired) electrons. The summed E-state index contributed by atoms with van der Waals surface area (Å²) in [4.78, 5) is 13.1. The molecule has 1 rings (SSSR count). The Bertz CT molecular complexity index is 327. The van der Waals surface area contributed by atoms with Gasteiger partial charge >= 0.3 is 5.97 Å². The minimum absolute atomic E-state index is 0.199. The second-order valence-corrected chi connectivity index (χ2v) is 3.70. The van der Waals surface area contributed by atoms with Gasteiger partial charge in [0.1, 0.15) is 12.4 Å². The van der Waals surface area contributed by atoms with Crippen LogP contribution in [-0.4, -0.2) is 44.2 Å². The molecule has 0 aliphatic rings. The van der Waals surface area contributed by atoms with Crippen LogP contribution in [0.15, 0.2) is 30.3 Å². The molecule has 94 valence electrons. The van der Waals surface area contributed by atoms with E-state index >= 15 is 0 Å². The number of para-hydroxylation sites is 1. The van der Waals surface area contributed by atoms with Crippen LogP contribution in [0, 0.1) is 0 Å². The third kappa shape index (κ3) is 5.92. The maximum Gasteiger partial charge on any atom is 0.320 e. The number of carbonyl (C=O) groups is 1. The van der Waals surface area contributed by atoms with Crippen LogP contribution in [0.25, 0.3) is 0 Å². The molecular formula is C13H19NO3. The zero-order chi connectivity index (χ0) is 12.5. The first-order chi connectivity index (χ1) is 8.22. The summed E-state index contributed by atoms with van der Waals surface area (Å²) in [6.07, 6.45) is 0. The van der Waals surface area contributed by atoms with E-state index in [0.717, 1.165) is 5.75 Å². The third-order valence-corrected chi connectivity index (χ3v) is 2.19. The number of carbonyl (C=O) groups excluding carboxylic acids is 1. The van der Waals surface area contributed by atoms with E-state index in [1.165, 1.54) is 0 Å². The lowest BCUT2D eigenvalue weighted by atomic mass is 10.3. The fourth-order valence-electron chi connectivity index (χ4n) is 1.34. The molecule has 1 aromatic rings. The Labute approximate surface area is 102 Å². The number of benzene rings is 1. The van der Waals surface area contributed by atoms with Crippen LogP contribution in [0.2, 0.25) is 0 Å². The molecule has 1 aromatic carbocycles. The first-order valence-electron chi connectivity index (χ1n) is 5.74. The predicted octanol–water partition coefficient (Wildman–Crippen LogP) is 1.56. The number of ether oxygens (including phenoxy) is 2. The van der Waals surface area contributed by atoms with Crippen molar-refractivity contribution in [1.82, 2.24) is 4.90 Å². The van der Waals surface area contributed by atoms with E-state index < -0.39 is 0 Å². The van der Waals surface area contributed by atoms with Gasteiger partial charge in [-0.05, 0) is 26.1 Å². The van der Waals surface area contributed by atoms with Gasteiger partial charge in [0.15, 0.2) is 0 Å². The van der Waals surface area contributed by atoms with Gasteiger partial charge < -0.3 is 9.47 Å². The standard InChI is InChI=1S/C13H19NO3/c1-3-16-13(15)11-14(2)9-10-17-12-7-5-4-6-8-12/h4-8H,3,9-11H2,1-2H3. The van der Waals surface area contributed by atoms with Gasteiger partial charge in [0.25, 0.3) is 0 Å². The Hall–Kier alpha value is -1.55. The van der Waals surface area contributed by atoms with Crippen molar-refractivity contribution in [2.45, 2.75) is 6.92 Å². The van der Waals surface area contributed by atoms with Crippen molar-refractivity contribution in [3.05, 3.63) is 30.3 Å². The van der Waals surface area contributed by atoms with Crippen LogP contribution in [0.5, 0.6) is 5.75 Å². The molecule has 0 aliphatic carbocycles. The summed E-state index contributed by atoms with van der Waals surface area (Å²) >= 11 is 0. The SMILES string of the molecule is CCOC(=O)CN(C)CCOc1ccccc1. The summed E-state index contributed by atoms with van der Waals surface area (Å²) < 4.78 is 10.4. The van der Waals surface area contributed by atoms with Crippen LogP contribution < -0.4 is 4.74 Å². The maximum absolute atomic E-state index is 11.2. The molecule has 0 spiro atoms. The monoisotopic (exact) mass is 237 g/mol. The highest BCUT2D eigenvalue weighted by atomic mass is 16.5. The summed E-state index contributed by atoms with van der Waals surface area (Å²) in [5.41, 5.74) is 0. The van der Waals surface area contributed by atoms with Crippen LogP contribution in [0.3, 0.4) is 0 Å². The number of rotatable bonds is 7. The van der Waals surface area contributed by atoms with Crippen molar-refractivity contribution in [3.8, 4) is 5.75 Å². The van der Waals surface area contributed by atoms with Crippen molar-refractivity contribution in [2.75, 3.05) is 33.4 Å². The maximum atomic E-state index is 11.2. The number of likely N-dealkylation sites (N-methyl/N-ethyl adjacent to an activating group) is 1. The fraction of sp³-hybridized carbons (Fsp3) is 0.462. The molecule has 0 saturated heterocycles. The van der Waals surface area contributed by atoms with Crippen molar-refractivity contribution in [1.29, 1.82) is 0 Å². The largest absolute Gasteiger partial charge is 0.492 e. The first kappa shape index (κ1) is 13.5. The van der Waals surface area contributed by atoms with Crippen LogP contribution in [0.1, 0.15) is 6.92 Å². The van der Waals surface area contributed by atoms with Gasteiger partial charge in [-0.3, -0.25) is 9.69 Å². The summed E-state index contributed by atoms with van der Waals surface area (Å²) in [6.45, 7) is 3.77. The van der Waals surface area contributed by atoms with E-state index in [1.54, 1.807) is 6.92 Å². The van der Waals surface area contributed by atoms with Gasteiger partial charge in [0, 0.05) is 6.54 Å². The number of nitrogens with zero attached hydrogens (tertiary/aromatic N) is 1. The highest BCUT2D eigenvalue weighted by molar-refractivity contribution is 5.71. The molecule has 0 aliphatic heterocycles. The Morgan fingerprint density at radius 2 is 2.00 bits per heavy atom. The third-order valence-electron chi connectivity index (χ3n) is 2.19. The zero-order valence-corrected chi connectivity index (χ0v) is 10.4. The van der Waals surface area contributed by atoms with E-state index in [9.17, 15) is 4.79 Å². The molecule has 4 heteroatoms. The van der Waals surface area contributed by atoms with Crippen LogP contribution in [-0.2, 0) is 9.53 Å². The van der Waals surface area contributed by atoms with Crippen molar-refractivity contribution < 1.29 is 14.3 Å². The second-order valence-electron chi connectivity index (χ2n) is 3.70. The molecule has 0 amide bonds. The second kappa shape index (κ2) is 7.68. The van der Waals surface area contributed by atoms with Gasteiger partial charge in [-0.2, -0.15) is 0 Å². The van der Waals surface area contributed by atoms with Gasteiger partial charge in [0.2, 0.25) is 0 Å². The van der Waals surface area contributed by atoms with Crippen molar-refractivity contribution >= 4 is 5.97 Å². The average Bonchev–Trinajstić information content (AvgIpc) is 2.30. The van der Waals surface area contributed by atoms with Gasteiger partial charge in [-0.1, -0.05) is 18.2 Å². The number of hydrogen-bond donors (Lipinski definition) is 0. The quantitative estimate of drug-likeness (QED) is 0.675. The van der Waals surface area contributed by atoms with E-state index in [-0.39, 0.29) is 5.97 Å². The molecule has 0 unspecified atom stereocenters. The predicted molar refractivity (Wildman–Crippen MR) is 66.1 cm³/mol. The summed E-state index contributed by atoms with van der Waals surface area (Å²) in [5, 5.41) is 0. The lowest BCUT2D eigenvalue weighted by Gasteiger charge is -2.15. The van der Waals surface area contributed by atoms with E-state index in [1.807, 2.05) is 42.3 Å². The van der Waals surface area contributed by atoms with E-state index in [2.05, 4.69) is 0 Å². The summed E-state index contributed by atoms with van der Waals surface area (Å²) in [7, 11) is 1.87. The molecule has 0 fully saturated rings. The fourth-order valence-corrected chi connectivity index (χ4v) is 1.34. The lowest BCUT2D eigenvalue weighted by molar-refractivity contribution is -0.144. The molecule has 0 N–H and O–H groups in total. The minimum atomic E-state index is -0.199. The number of esters is 1.